The predicted octanol–water partition coefficient (Wildman–Crippen LogP) is 5.05. The van der Waals surface area contributed by atoms with Crippen molar-refractivity contribution in [3.8, 4) is 0 Å². The average molecular weight is 288 g/mol. The van der Waals surface area contributed by atoms with Crippen LogP contribution in [0.1, 0.15) is 41.6 Å². The highest BCUT2D eigenvalue weighted by Crippen LogP contribution is 2.27. The molecule has 20 heavy (non-hydrogen) atoms. The second kappa shape index (κ2) is 6.92. The van der Waals surface area contributed by atoms with Crippen LogP contribution < -0.4 is 5.32 Å². The van der Waals surface area contributed by atoms with Crippen molar-refractivity contribution in [3.63, 3.8) is 0 Å². The second-order valence-corrected chi connectivity index (χ2v) is 5.74. The Morgan fingerprint density at radius 1 is 1.10 bits per heavy atom. The van der Waals surface area contributed by atoms with Crippen LogP contribution in [-0.2, 0) is 0 Å². The van der Waals surface area contributed by atoms with E-state index in [1.165, 1.54) is 22.3 Å². The summed E-state index contributed by atoms with van der Waals surface area (Å²) in [5.74, 6) is 0. The summed E-state index contributed by atoms with van der Waals surface area (Å²) in [5, 5.41) is 4.43. The molecule has 0 heterocycles. The van der Waals surface area contributed by atoms with E-state index in [0.29, 0.717) is 0 Å². The van der Waals surface area contributed by atoms with Crippen molar-refractivity contribution >= 4 is 11.6 Å². The zero-order valence-electron chi connectivity index (χ0n) is 12.4. The Hall–Kier alpha value is -1.31. The molecule has 0 aliphatic heterocycles. The Morgan fingerprint density at radius 2 is 1.90 bits per heavy atom. The Bertz CT molecular complexity index is 577. The zero-order valence-corrected chi connectivity index (χ0v) is 13.2. The number of aryl methyl sites for hydroxylation is 2. The molecule has 2 heteroatoms. The molecular weight excluding hydrogens is 266 g/mol. The lowest BCUT2D eigenvalue weighted by atomic mass is 9.93. The van der Waals surface area contributed by atoms with Gasteiger partial charge in [0.15, 0.2) is 0 Å². The molecule has 2 aromatic rings. The Morgan fingerprint density at radius 3 is 2.60 bits per heavy atom. The van der Waals surface area contributed by atoms with Crippen LogP contribution in [0, 0.1) is 13.8 Å². The summed E-state index contributed by atoms with van der Waals surface area (Å²) in [4.78, 5) is 0. The van der Waals surface area contributed by atoms with E-state index in [1.54, 1.807) is 0 Å². The first kappa shape index (κ1) is 15.1. The van der Waals surface area contributed by atoms with E-state index in [2.05, 4.69) is 56.4 Å². The van der Waals surface area contributed by atoms with Crippen LogP contribution >= 0.6 is 11.6 Å². The maximum atomic E-state index is 6.15. The van der Waals surface area contributed by atoms with Gasteiger partial charge in [0.2, 0.25) is 0 Å². The van der Waals surface area contributed by atoms with Crippen LogP contribution in [-0.4, -0.2) is 6.54 Å². The van der Waals surface area contributed by atoms with Crippen molar-refractivity contribution in [2.75, 3.05) is 6.54 Å². The molecule has 0 aliphatic carbocycles. The molecular formula is C18H22ClN. The summed E-state index contributed by atoms with van der Waals surface area (Å²) in [7, 11) is 0. The Balaban J connectivity index is 2.44. The first-order chi connectivity index (χ1) is 9.61. The Labute approximate surface area is 127 Å². The minimum Gasteiger partial charge on any atom is -0.306 e. The van der Waals surface area contributed by atoms with Crippen molar-refractivity contribution in [3.05, 3.63) is 69.7 Å². The summed E-state index contributed by atoms with van der Waals surface area (Å²) in [6.07, 6.45) is 1.11. The van der Waals surface area contributed by atoms with Gasteiger partial charge in [0.25, 0.3) is 0 Å². The smallest absolute Gasteiger partial charge is 0.0579 e. The maximum absolute atomic E-state index is 6.15. The SMILES string of the molecule is CCCNC(c1cccc(Cl)c1)c1cc(C)ccc1C. The molecule has 0 aromatic heterocycles. The molecule has 106 valence electrons. The van der Waals surface area contributed by atoms with Crippen LogP contribution in [0.25, 0.3) is 0 Å². The number of benzene rings is 2. The molecule has 0 aliphatic rings. The van der Waals surface area contributed by atoms with E-state index in [0.717, 1.165) is 18.0 Å². The van der Waals surface area contributed by atoms with E-state index in [-0.39, 0.29) is 6.04 Å². The van der Waals surface area contributed by atoms with Crippen molar-refractivity contribution < 1.29 is 0 Å². The number of hydrogen-bond acceptors (Lipinski definition) is 1. The molecule has 1 atom stereocenters. The number of nitrogens with one attached hydrogen (secondary N) is 1. The van der Waals surface area contributed by atoms with Crippen molar-refractivity contribution in [1.82, 2.24) is 5.32 Å². The van der Waals surface area contributed by atoms with Gasteiger partial charge in [0, 0.05) is 5.02 Å². The molecule has 1 N–H and O–H groups in total. The molecule has 0 bridgehead atoms. The summed E-state index contributed by atoms with van der Waals surface area (Å²) in [6, 6.07) is 15.0. The summed E-state index contributed by atoms with van der Waals surface area (Å²) < 4.78 is 0. The molecule has 0 spiro atoms. The zero-order chi connectivity index (χ0) is 14.5. The lowest BCUT2D eigenvalue weighted by molar-refractivity contribution is 0.596. The molecule has 0 saturated carbocycles. The molecule has 1 unspecified atom stereocenters. The van der Waals surface area contributed by atoms with Crippen LogP contribution in [0.4, 0.5) is 0 Å². The Kier molecular flexibility index (Phi) is 5.22. The van der Waals surface area contributed by atoms with Crippen LogP contribution in [0.3, 0.4) is 0 Å². The quantitative estimate of drug-likeness (QED) is 0.812. The largest absolute Gasteiger partial charge is 0.306 e. The fraction of sp³-hybridized carbons (Fsp3) is 0.333. The summed E-state index contributed by atoms with van der Waals surface area (Å²) >= 11 is 6.15. The van der Waals surface area contributed by atoms with E-state index < -0.39 is 0 Å². The van der Waals surface area contributed by atoms with Gasteiger partial charge in [-0.05, 0) is 55.6 Å². The number of hydrogen-bond donors (Lipinski definition) is 1. The van der Waals surface area contributed by atoms with Gasteiger partial charge >= 0.3 is 0 Å². The monoisotopic (exact) mass is 287 g/mol. The minimum atomic E-state index is 0.202. The molecule has 0 radical (unpaired) electrons. The van der Waals surface area contributed by atoms with Gasteiger partial charge in [-0.25, -0.2) is 0 Å². The number of rotatable bonds is 5. The molecule has 0 saturated heterocycles. The third-order valence-electron chi connectivity index (χ3n) is 3.53. The lowest BCUT2D eigenvalue weighted by Gasteiger charge is -2.22. The third-order valence-corrected chi connectivity index (χ3v) is 3.76. The number of halogens is 1. The first-order valence-electron chi connectivity index (χ1n) is 7.18. The highest BCUT2D eigenvalue weighted by Gasteiger charge is 2.15. The van der Waals surface area contributed by atoms with E-state index in [4.69, 9.17) is 11.6 Å². The van der Waals surface area contributed by atoms with Gasteiger partial charge in [-0.15, -0.1) is 0 Å². The lowest BCUT2D eigenvalue weighted by Crippen LogP contribution is -2.24. The van der Waals surface area contributed by atoms with Crippen LogP contribution in [0.2, 0.25) is 5.02 Å². The van der Waals surface area contributed by atoms with Gasteiger partial charge in [-0.1, -0.05) is 54.4 Å². The van der Waals surface area contributed by atoms with Crippen LogP contribution in [0.5, 0.6) is 0 Å². The third kappa shape index (κ3) is 3.62. The fourth-order valence-electron chi connectivity index (χ4n) is 2.45. The van der Waals surface area contributed by atoms with Gasteiger partial charge in [0.05, 0.1) is 6.04 Å². The molecule has 1 nitrogen and oxygen atoms in total. The van der Waals surface area contributed by atoms with Gasteiger partial charge in [-0.3, -0.25) is 0 Å². The van der Waals surface area contributed by atoms with E-state index in [9.17, 15) is 0 Å². The minimum absolute atomic E-state index is 0.202. The molecule has 0 amide bonds. The molecule has 2 aromatic carbocycles. The normalized spacial score (nSPS) is 12.4. The highest BCUT2D eigenvalue weighted by molar-refractivity contribution is 6.30. The van der Waals surface area contributed by atoms with Crippen molar-refractivity contribution in [1.29, 1.82) is 0 Å². The topological polar surface area (TPSA) is 12.0 Å². The van der Waals surface area contributed by atoms with Gasteiger partial charge in [0.1, 0.15) is 0 Å². The molecule has 2 rings (SSSR count). The van der Waals surface area contributed by atoms with E-state index in [1.807, 2.05) is 12.1 Å². The van der Waals surface area contributed by atoms with Crippen LogP contribution in [0.15, 0.2) is 42.5 Å². The summed E-state index contributed by atoms with van der Waals surface area (Å²) in [6.45, 7) is 7.48. The van der Waals surface area contributed by atoms with Gasteiger partial charge < -0.3 is 5.32 Å². The standard InChI is InChI=1S/C18H22ClN/c1-4-10-20-18(15-6-5-7-16(19)12-15)17-11-13(2)8-9-14(17)3/h5-9,11-12,18,20H,4,10H2,1-3H3. The average Bonchev–Trinajstić information content (AvgIpc) is 2.43. The van der Waals surface area contributed by atoms with E-state index >= 15 is 0 Å². The maximum Gasteiger partial charge on any atom is 0.0579 e. The summed E-state index contributed by atoms with van der Waals surface area (Å²) in [5.41, 5.74) is 5.15. The fourth-order valence-corrected chi connectivity index (χ4v) is 2.65. The molecule has 0 fully saturated rings. The highest BCUT2D eigenvalue weighted by atomic mass is 35.5. The predicted molar refractivity (Wildman–Crippen MR) is 87.5 cm³/mol. The van der Waals surface area contributed by atoms with Gasteiger partial charge in [-0.2, -0.15) is 0 Å². The second-order valence-electron chi connectivity index (χ2n) is 5.30. The van der Waals surface area contributed by atoms with Crippen molar-refractivity contribution in [2.24, 2.45) is 0 Å². The first-order valence-corrected chi connectivity index (χ1v) is 7.55. The van der Waals surface area contributed by atoms with Crippen molar-refractivity contribution in [2.45, 2.75) is 33.2 Å².